The number of urea groups is 1. The minimum absolute atomic E-state index is 0.0845. The Morgan fingerprint density at radius 3 is 2.63 bits per heavy atom. The summed E-state index contributed by atoms with van der Waals surface area (Å²) in [6.45, 7) is 0.115. The molecule has 0 heterocycles. The molecule has 5 nitrogen and oxygen atoms in total. The summed E-state index contributed by atoms with van der Waals surface area (Å²) in [5.74, 6) is -0.931. The van der Waals surface area contributed by atoms with E-state index in [1.165, 1.54) is 11.1 Å². The number of carboxylic acid groups (broad SMARTS) is 1. The van der Waals surface area contributed by atoms with E-state index in [4.69, 9.17) is 5.11 Å². The van der Waals surface area contributed by atoms with E-state index >= 15 is 0 Å². The Bertz CT molecular complexity index is 517. The Morgan fingerprint density at radius 1 is 1.26 bits per heavy atom. The Hall–Kier alpha value is -1.56. The van der Waals surface area contributed by atoms with Gasteiger partial charge in [-0.1, -0.05) is 0 Å². The van der Waals surface area contributed by atoms with Crippen molar-refractivity contribution in [1.29, 1.82) is 0 Å². The van der Waals surface area contributed by atoms with Crippen LogP contribution in [0.4, 0.5) is 10.5 Å². The van der Waals surface area contributed by atoms with Gasteiger partial charge in [-0.2, -0.15) is 0 Å². The van der Waals surface area contributed by atoms with Crippen LogP contribution in [-0.4, -0.2) is 23.7 Å². The highest BCUT2D eigenvalue weighted by Gasteiger charge is 2.14. The van der Waals surface area contributed by atoms with E-state index in [-0.39, 0.29) is 19.0 Å². The number of anilines is 1. The molecule has 19 heavy (non-hydrogen) atoms. The number of hydrogen-bond donors (Lipinski definition) is 3. The summed E-state index contributed by atoms with van der Waals surface area (Å²) in [4.78, 5) is 22.0. The Labute approximate surface area is 119 Å². The summed E-state index contributed by atoms with van der Waals surface area (Å²) < 4.78 is 0.849. The van der Waals surface area contributed by atoms with Crippen LogP contribution in [0, 0.1) is 0 Å². The molecule has 0 radical (unpaired) electrons. The van der Waals surface area contributed by atoms with Crippen molar-refractivity contribution in [2.45, 2.75) is 25.7 Å². The molecule has 3 N–H and O–H groups in total. The summed E-state index contributed by atoms with van der Waals surface area (Å²) in [6.07, 6.45) is 3.19. The first-order valence-corrected chi connectivity index (χ1v) is 6.93. The number of aliphatic carboxylic acids is 1. The lowest BCUT2D eigenvalue weighted by Gasteiger charge is -2.10. The smallest absolute Gasteiger partial charge is 0.319 e. The Morgan fingerprint density at radius 2 is 1.95 bits per heavy atom. The minimum Gasteiger partial charge on any atom is -0.481 e. The van der Waals surface area contributed by atoms with Crippen LogP contribution >= 0.6 is 15.9 Å². The van der Waals surface area contributed by atoms with Gasteiger partial charge < -0.3 is 15.7 Å². The van der Waals surface area contributed by atoms with Crippen LogP contribution in [0.1, 0.15) is 24.0 Å². The molecule has 0 saturated carbocycles. The van der Waals surface area contributed by atoms with Crippen molar-refractivity contribution < 1.29 is 14.7 Å². The summed E-state index contributed by atoms with van der Waals surface area (Å²) >= 11 is 3.43. The van der Waals surface area contributed by atoms with Crippen LogP contribution in [0.25, 0.3) is 0 Å². The molecule has 0 unspecified atom stereocenters. The number of aryl methyl sites for hydroxylation is 2. The third kappa shape index (κ3) is 3.70. The number of nitrogens with one attached hydrogen (secondary N) is 2. The standard InChI is InChI=1S/C13H15BrN2O3/c14-10-6-8-2-1-3-9(8)7-11(10)16-13(19)15-5-4-12(17)18/h6-7H,1-5H2,(H,17,18)(H2,15,16,19). The van der Waals surface area contributed by atoms with E-state index in [0.717, 1.165) is 23.7 Å². The number of hydrogen-bond acceptors (Lipinski definition) is 2. The summed E-state index contributed by atoms with van der Waals surface area (Å²) in [5, 5.41) is 13.7. The number of carboxylic acids is 1. The molecule has 1 aliphatic rings. The van der Waals surface area contributed by atoms with Crippen molar-refractivity contribution in [2.75, 3.05) is 11.9 Å². The molecule has 1 aliphatic carbocycles. The average molecular weight is 327 g/mol. The van der Waals surface area contributed by atoms with Crippen molar-refractivity contribution in [3.8, 4) is 0 Å². The van der Waals surface area contributed by atoms with Gasteiger partial charge in [0.15, 0.2) is 0 Å². The van der Waals surface area contributed by atoms with Gasteiger partial charge in [-0.3, -0.25) is 4.79 Å². The zero-order chi connectivity index (χ0) is 13.8. The highest BCUT2D eigenvalue weighted by Crippen LogP contribution is 2.31. The largest absolute Gasteiger partial charge is 0.481 e. The van der Waals surface area contributed by atoms with Gasteiger partial charge in [0.2, 0.25) is 0 Å². The molecule has 1 aromatic carbocycles. The zero-order valence-corrected chi connectivity index (χ0v) is 11.9. The minimum atomic E-state index is -0.931. The maximum atomic E-state index is 11.6. The van der Waals surface area contributed by atoms with Crippen LogP contribution < -0.4 is 10.6 Å². The molecular formula is C13H15BrN2O3. The van der Waals surface area contributed by atoms with Crippen molar-refractivity contribution in [2.24, 2.45) is 0 Å². The van der Waals surface area contributed by atoms with E-state index in [1.807, 2.05) is 12.1 Å². The number of carbonyl (C=O) groups excluding carboxylic acids is 1. The number of fused-ring (bicyclic) bond motifs is 1. The highest BCUT2D eigenvalue weighted by molar-refractivity contribution is 9.10. The summed E-state index contributed by atoms with van der Waals surface area (Å²) in [6, 6.07) is 3.62. The van der Waals surface area contributed by atoms with Crippen LogP contribution in [0.15, 0.2) is 16.6 Å². The Kier molecular flexibility index (Phi) is 4.42. The van der Waals surface area contributed by atoms with E-state index in [2.05, 4.69) is 26.6 Å². The molecule has 0 fully saturated rings. The molecule has 0 atom stereocenters. The topological polar surface area (TPSA) is 78.4 Å². The lowest BCUT2D eigenvalue weighted by molar-refractivity contribution is -0.136. The van der Waals surface area contributed by atoms with Crippen LogP contribution in [0.3, 0.4) is 0 Å². The lowest BCUT2D eigenvalue weighted by atomic mass is 10.1. The van der Waals surface area contributed by atoms with Gasteiger partial charge in [0.25, 0.3) is 0 Å². The third-order valence-corrected chi connectivity index (χ3v) is 3.71. The van der Waals surface area contributed by atoms with Crippen LogP contribution in [0.2, 0.25) is 0 Å². The number of benzene rings is 1. The zero-order valence-electron chi connectivity index (χ0n) is 10.3. The quantitative estimate of drug-likeness (QED) is 0.795. The monoisotopic (exact) mass is 326 g/mol. The summed E-state index contributed by atoms with van der Waals surface area (Å²) in [7, 11) is 0. The second-order valence-corrected chi connectivity index (χ2v) is 5.33. The fourth-order valence-corrected chi connectivity index (χ4v) is 2.63. The first-order chi connectivity index (χ1) is 9.06. The molecule has 0 saturated heterocycles. The van der Waals surface area contributed by atoms with Crippen LogP contribution in [-0.2, 0) is 17.6 Å². The lowest BCUT2D eigenvalue weighted by Crippen LogP contribution is -2.30. The number of amides is 2. The van der Waals surface area contributed by atoms with Crippen molar-refractivity contribution >= 4 is 33.6 Å². The molecule has 6 heteroatoms. The molecule has 1 aromatic rings. The first kappa shape index (κ1) is 13.9. The second kappa shape index (κ2) is 6.06. The number of rotatable bonds is 4. The molecule has 0 spiro atoms. The molecule has 2 rings (SSSR count). The van der Waals surface area contributed by atoms with E-state index < -0.39 is 5.97 Å². The second-order valence-electron chi connectivity index (χ2n) is 4.48. The Balaban J connectivity index is 1.95. The molecule has 102 valence electrons. The van der Waals surface area contributed by atoms with Gasteiger partial charge in [-0.15, -0.1) is 0 Å². The first-order valence-electron chi connectivity index (χ1n) is 6.14. The normalized spacial score (nSPS) is 12.9. The van der Waals surface area contributed by atoms with E-state index in [0.29, 0.717) is 5.69 Å². The van der Waals surface area contributed by atoms with Crippen molar-refractivity contribution in [3.63, 3.8) is 0 Å². The highest BCUT2D eigenvalue weighted by atomic mass is 79.9. The molecule has 0 bridgehead atoms. The van der Waals surface area contributed by atoms with E-state index in [1.54, 1.807) is 0 Å². The van der Waals surface area contributed by atoms with Gasteiger partial charge in [0, 0.05) is 11.0 Å². The summed E-state index contributed by atoms with van der Waals surface area (Å²) in [5.41, 5.74) is 3.31. The number of carbonyl (C=O) groups is 2. The predicted molar refractivity (Wildman–Crippen MR) is 75.4 cm³/mol. The maximum absolute atomic E-state index is 11.6. The fraction of sp³-hybridized carbons (Fsp3) is 0.385. The molecule has 0 aromatic heterocycles. The number of halogens is 1. The van der Waals surface area contributed by atoms with Gasteiger partial charge in [-0.05, 0) is 58.5 Å². The molecule has 0 aliphatic heterocycles. The van der Waals surface area contributed by atoms with Crippen molar-refractivity contribution in [1.82, 2.24) is 5.32 Å². The fourth-order valence-electron chi connectivity index (χ4n) is 2.14. The van der Waals surface area contributed by atoms with Gasteiger partial charge in [0.1, 0.15) is 0 Å². The average Bonchev–Trinajstić information content (AvgIpc) is 2.76. The third-order valence-electron chi connectivity index (χ3n) is 3.05. The molecule has 2 amide bonds. The van der Waals surface area contributed by atoms with Crippen LogP contribution in [0.5, 0.6) is 0 Å². The maximum Gasteiger partial charge on any atom is 0.319 e. The predicted octanol–water partition coefficient (Wildman–Crippen LogP) is 2.53. The van der Waals surface area contributed by atoms with Gasteiger partial charge in [-0.25, -0.2) is 4.79 Å². The van der Waals surface area contributed by atoms with Crippen molar-refractivity contribution in [3.05, 3.63) is 27.7 Å². The van der Waals surface area contributed by atoms with E-state index in [9.17, 15) is 9.59 Å². The molecular weight excluding hydrogens is 312 g/mol. The van der Waals surface area contributed by atoms with Gasteiger partial charge >= 0.3 is 12.0 Å². The van der Waals surface area contributed by atoms with Gasteiger partial charge in [0.05, 0.1) is 12.1 Å². The SMILES string of the molecule is O=C(O)CCNC(=O)Nc1cc2c(cc1Br)CCC2.